The third-order valence-electron chi connectivity index (χ3n) is 6.99. The van der Waals surface area contributed by atoms with Gasteiger partial charge in [0.2, 0.25) is 0 Å². The molecule has 1 aromatic heterocycles. The van der Waals surface area contributed by atoms with Crippen LogP contribution in [0.5, 0.6) is 17.2 Å². The average Bonchev–Trinajstić information content (AvgIpc) is 3.17. The first kappa shape index (κ1) is 24.3. The van der Waals surface area contributed by atoms with Crippen molar-refractivity contribution in [3.05, 3.63) is 51.9 Å². The van der Waals surface area contributed by atoms with Crippen molar-refractivity contribution in [1.29, 1.82) is 0 Å². The van der Waals surface area contributed by atoms with Gasteiger partial charge in [0.25, 0.3) is 0 Å². The number of aliphatic hydroxyl groups excluding tert-OH is 3. The van der Waals surface area contributed by atoms with Gasteiger partial charge in [0.15, 0.2) is 0 Å². The van der Waals surface area contributed by atoms with E-state index in [1.807, 2.05) is 13.0 Å². The lowest BCUT2D eigenvalue weighted by atomic mass is 9.92. The SMILES string of the molecule is CCc1cc(OC)c2c(c1)c(=O)oc1c2cc(OC)c2c(O)ccc([C@@H]3O[C@H]([C@H](C)O)[C@@H](O)[C@@H]3O)c21. The Hall–Kier alpha value is -3.37. The molecule has 1 saturated heterocycles. The van der Waals surface area contributed by atoms with Crippen molar-refractivity contribution in [1.82, 2.24) is 0 Å². The van der Waals surface area contributed by atoms with Crippen LogP contribution in [0.3, 0.4) is 0 Å². The van der Waals surface area contributed by atoms with Crippen LogP contribution in [0.15, 0.2) is 39.5 Å². The molecule has 4 N–H and O–H groups in total. The van der Waals surface area contributed by atoms with E-state index >= 15 is 0 Å². The quantitative estimate of drug-likeness (QED) is 0.243. The number of fused-ring (bicyclic) bond motifs is 5. The summed E-state index contributed by atoms with van der Waals surface area (Å²) in [6.45, 7) is 3.43. The molecule has 4 aromatic rings. The largest absolute Gasteiger partial charge is 0.507 e. The Morgan fingerprint density at radius 3 is 2.28 bits per heavy atom. The Labute approximate surface area is 206 Å². The van der Waals surface area contributed by atoms with Gasteiger partial charge in [-0.3, -0.25) is 0 Å². The molecule has 1 aliphatic rings. The Kier molecular flexibility index (Phi) is 6.04. The summed E-state index contributed by atoms with van der Waals surface area (Å²) < 4.78 is 23.0. The molecule has 0 amide bonds. The minimum Gasteiger partial charge on any atom is -0.507 e. The van der Waals surface area contributed by atoms with Gasteiger partial charge in [-0.15, -0.1) is 0 Å². The summed E-state index contributed by atoms with van der Waals surface area (Å²) in [5, 5.41) is 44.1. The van der Waals surface area contributed by atoms with Gasteiger partial charge in [-0.25, -0.2) is 4.79 Å². The van der Waals surface area contributed by atoms with Crippen LogP contribution in [0.1, 0.15) is 31.1 Å². The Morgan fingerprint density at radius 1 is 0.972 bits per heavy atom. The van der Waals surface area contributed by atoms with Crippen LogP contribution < -0.4 is 15.1 Å². The van der Waals surface area contributed by atoms with Gasteiger partial charge >= 0.3 is 5.63 Å². The van der Waals surface area contributed by atoms with E-state index in [1.54, 1.807) is 12.1 Å². The van der Waals surface area contributed by atoms with Gasteiger partial charge in [-0.05, 0) is 48.7 Å². The highest BCUT2D eigenvalue weighted by molar-refractivity contribution is 6.19. The van der Waals surface area contributed by atoms with Gasteiger partial charge in [0.1, 0.15) is 47.2 Å². The number of aryl methyl sites for hydroxylation is 1. The van der Waals surface area contributed by atoms with Crippen molar-refractivity contribution in [2.45, 2.75) is 50.8 Å². The maximum absolute atomic E-state index is 13.2. The fourth-order valence-electron chi connectivity index (χ4n) is 5.18. The summed E-state index contributed by atoms with van der Waals surface area (Å²) in [5.74, 6) is 0.643. The molecule has 0 spiro atoms. The van der Waals surface area contributed by atoms with E-state index in [1.165, 1.54) is 33.3 Å². The highest BCUT2D eigenvalue weighted by atomic mass is 16.6. The van der Waals surface area contributed by atoms with E-state index in [0.29, 0.717) is 39.6 Å². The number of benzene rings is 3. The van der Waals surface area contributed by atoms with Gasteiger partial charge in [0, 0.05) is 16.2 Å². The fourth-order valence-corrected chi connectivity index (χ4v) is 5.18. The lowest BCUT2D eigenvalue weighted by Crippen LogP contribution is -2.36. The Morgan fingerprint density at radius 2 is 1.67 bits per heavy atom. The van der Waals surface area contributed by atoms with Crippen LogP contribution in [0.4, 0.5) is 0 Å². The number of hydrogen-bond acceptors (Lipinski definition) is 9. The van der Waals surface area contributed by atoms with Crippen molar-refractivity contribution in [3.8, 4) is 17.2 Å². The molecule has 0 bridgehead atoms. The number of aliphatic hydroxyl groups is 3. The zero-order valence-electron chi connectivity index (χ0n) is 20.3. The second-order valence-electron chi connectivity index (χ2n) is 9.09. The summed E-state index contributed by atoms with van der Waals surface area (Å²) in [4.78, 5) is 13.2. The van der Waals surface area contributed by atoms with Gasteiger partial charge in [-0.2, -0.15) is 0 Å². The molecule has 9 nitrogen and oxygen atoms in total. The molecule has 36 heavy (non-hydrogen) atoms. The van der Waals surface area contributed by atoms with Crippen LogP contribution in [0.2, 0.25) is 0 Å². The predicted octanol–water partition coefficient (Wildman–Crippen LogP) is 2.93. The maximum Gasteiger partial charge on any atom is 0.344 e. The van der Waals surface area contributed by atoms with Crippen LogP contribution >= 0.6 is 0 Å². The number of hydrogen-bond donors (Lipinski definition) is 4. The highest BCUT2D eigenvalue weighted by Gasteiger charge is 2.46. The minimum atomic E-state index is -1.38. The molecule has 1 fully saturated rings. The molecule has 190 valence electrons. The van der Waals surface area contributed by atoms with E-state index in [-0.39, 0.29) is 22.1 Å². The first-order valence-electron chi connectivity index (χ1n) is 11.7. The zero-order valence-corrected chi connectivity index (χ0v) is 20.3. The molecular weight excluding hydrogens is 468 g/mol. The number of phenolic OH excluding ortho intramolecular Hbond substituents is 1. The number of phenols is 1. The number of ether oxygens (including phenoxy) is 3. The van der Waals surface area contributed by atoms with E-state index in [9.17, 15) is 25.2 Å². The monoisotopic (exact) mass is 496 g/mol. The normalized spacial score (nSPS) is 23.0. The van der Waals surface area contributed by atoms with Crippen LogP contribution in [-0.2, 0) is 11.2 Å². The second kappa shape index (κ2) is 8.94. The molecule has 5 atom stereocenters. The highest BCUT2D eigenvalue weighted by Crippen LogP contribution is 2.47. The molecule has 0 unspecified atom stereocenters. The minimum absolute atomic E-state index is 0.136. The summed E-state index contributed by atoms with van der Waals surface area (Å²) in [5.41, 5.74) is 0.801. The molecule has 3 aromatic carbocycles. The van der Waals surface area contributed by atoms with Crippen molar-refractivity contribution in [2.75, 3.05) is 14.2 Å². The van der Waals surface area contributed by atoms with Crippen molar-refractivity contribution < 1.29 is 39.1 Å². The van der Waals surface area contributed by atoms with E-state index in [4.69, 9.17) is 18.6 Å². The number of aromatic hydroxyl groups is 1. The molecule has 5 rings (SSSR count). The van der Waals surface area contributed by atoms with E-state index in [0.717, 1.165) is 5.56 Å². The maximum atomic E-state index is 13.2. The third-order valence-corrected chi connectivity index (χ3v) is 6.99. The number of methoxy groups -OCH3 is 2. The molecule has 0 radical (unpaired) electrons. The smallest absolute Gasteiger partial charge is 0.344 e. The van der Waals surface area contributed by atoms with Gasteiger partial charge in [-0.1, -0.05) is 13.0 Å². The molecule has 1 aliphatic heterocycles. The standard InChI is InChI=1S/C27H28O9/c1-5-12-8-15-19(17(9-12)33-3)14-10-18(34-4)21-16(29)7-6-13(20(21)25(14)36-27(15)32)26-23(31)22(30)24(35-26)11(2)28/h6-11,22-24,26,28-31H,5H2,1-4H3/t11-,22-,23-,24+,26-/m0/s1. The summed E-state index contributed by atoms with van der Waals surface area (Å²) in [6.07, 6.45) is -5.21. The van der Waals surface area contributed by atoms with Gasteiger partial charge < -0.3 is 39.1 Å². The summed E-state index contributed by atoms with van der Waals surface area (Å²) >= 11 is 0. The molecule has 2 heterocycles. The Bertz CT molecular complexity index is 1540. The van der Waals surface area contributed by atoms with Crippen molar-refractivity contribution in [3.63, 3.8) is 0 Å². The molecule has 0 aliphatic carbocycles. The van der Waals surface area contributed by atoms with Crippen molar-refractivity contribution in [2.24, 2.45) is 0 Å². The van der Waals surface area contributed by atoms with Crippen LogP contribution in [-0.4, -0.2) is 59.1 Å². The van der Waals surface area contributed by atoms with Crippen LogP contribution in [0, 0.1) is 0 Å². The predicted molar refractivity (Wildman–Crippen MR) is 133 cm³/mol. The first-order chi connectivity index (χ1) is 17.2. The average molecular weight is 497 g/mol. The lowest BCUT2D eigenvalue weighted by molar-refractivity contribution is -0.0586. The number of rotatable bonds is 5. The first-order valence-corrected chi connectivity index (χ1v) is 11.7. The molecular formula is C27H28O9. The van der Waals surface area contributed by atoms with Crippen LogP contribution in [0.25, 0.3) is 32.5 Å². The summed E-state index contributed by atoms with van der Waals surface area (Å²) in [6, 6.07) is 8.23. The zero-order chi connectivity index (χ0) is 25.9. The van der Waals surface area contributed by atoms with E-state index < -0.39 is 36.1 Å². The lowest BCUT2D eigenvalue weighted by Gasteiger charge is -2.20. The second-order valence-corrected chi connectivity index (χ2v) is 9.09. The molecule has 0 saturated carbocycles. The van der Waals surface area contributed by atoms with Crippen molar-refractivity contribution >= 4 is 32.5 Å². The topological polar surface area (TPSA) is 139 Å². The Balaban J connectivity index is 1.95. The third kappa shape index (κ3) is 3.50. The molecule has 9 heteroatoms. The van der Waals surface area contributed by atoms with E-state index in [2.05, 4.69) is 0 Å². The summed E-state index contributed by atoms with van der Waals surface area (Å²) in [7, 11) is 2.97. The van der Waals surface area contributed by atoms with Gasteiger partial charge in [0.05, 0.1) is 31.1 Å². The fraction of sp³-hybridized carbons (Fsp3) is 0.370.